The molecule has 0 fully saturated rings. The lowest BCUT2D eigenvalue weighted by molar-refractivity contribution is 0.111. The maximum absolute atomic E-state index is 11.3. The van der Waals surface area contributed by atoms with E-state index in [-0.39, 0.29) is 0 Å². The minimum Gasteiger partial charge on any atom is -0.489 e. The molecule has 3 heteroatoms. The minimum absolute atomic E-state index is 0.405. The smallest absolute Gasteiger partial charge is 0.153 e. The third-order valence-electron chi connectivity index (χ3n) is 4.15. The van der Waals surface area contributed by atoms with E-state index >= 15 is 0 Å². The van der Waals surface area contributed by atoms with Crippen molar-refractivity contribution in [2.45, 2.75) is 27.1 Å². The first-order chi connectivity index (χ1) is 12.6. The zero-order valence-corrected chi connectivity index (χ0v) is 15.1. The van der Waals surface area contributed by atoms with E-state index < -0.39 is 0 Å². The van der Waals surface area contributed by atoms with Crippen molar-refractivity contribution in [3.05, 3.63) is 94.5 Å². The molecule has 0 radical (unpaired) electrons. The largest absolute Gasteiger partial charge is 0.489 e. The van der Waals surface area contributed by atoms with Gasteiger partial charge in [-0.15, -0.1) is 0 Å². The first-order valence-corrected chi connectivity index (χ1v) is 8.60. The van der Waals surface area contributed by atoms with Gasteiger partial charge in [0.1, 0.15) is 24.7 Å². The van der Waals surface area contributed by atoms with Crippen LogP contribution in [0.1, 0.15) is 32.6 Å². The molecule has 0 aliphatic heterocycles. The summed E-state index contributed by atoms with van der Waals surface area (Å²) >= 11 is 0. The molecule has 0 aliphatic carbocycles. The number of hydrogen-bond acceptors (Lipinski definition) is 3. The van der Waals surface area contributed by atoms with Crippen LogP contribution in [-0.2, 0) is 13.2 Å². The van der Waals surface area contributed by atoms with Gasteiger partial charge in [-0.05, 0) is 37.1 Å². The SMILES string of the molecule is Cc1ccc(COc2ccc(C=O)c(OCc3ccc(C)cc3)c2)cc1. The second-order valence-electron chi connectivity index (χ2n) is 6.37. The summed E-state index contributed by atoms with van der Waals surface area (Å²) in [6, 6.07) is 21.6. The van der Waals surface area contributed by atoms with Gasteiger partial charge < -0.3 is 9.47 Å². The van der Waals surface area contributed by atoms with Gasteiger partial charge in [0.25, 0.3) is 0 Å². The molecule has 3 aromatic carbocycles. The van der Waals surface area contributed by atoms with Gasteiger partial charge in [0, 0.05) is 6.07 Å². The fourth-order valence-electron chi connectivity index (χ4n) is 2.52. The summed E-state index contributed by atoms with van der Waals surface area (Å²) in [5, 5.41) is 0. The molecule has 0 amide bonds. The number of hydrogen-bond donors (Lipinski definition) is 0. The molecule has 0 heterocycles. The van der Waals surface area contributed by atoms with Crippen molar-refractivity contribution in [3.8, 4) is 11.5 Å². The number of aryl methyl sites for hydroxylation is 2. The van der Waals surface area contributed by atoms with Gasteiger partial charge in [-0.1, -0.05) is 59.7 Å². The van der Waals surface area contributed by atoms with Crippen molar-refractivity contribution in [2.75, 3.05) is 0 Å². The Morgan fingerprint density at radius 1 is 0.731 bits per heavy atom. The van der Waals surface area contributed by atoms with Crippen LogP contribution in [-0.4, -0.2) is 6.29 Å². The summed E-state index contributed by atoms with van der Waals surface area (Å²) in [6.45, 7) is 4.98. The van der Waals surface area contributed by atoms with Gasteiger partial charge in [-0.25, -0.2) is 0 Å². The van der Waals surface area contributed by atoms with Crippen LogP contribution in [0.25, 0.3) is 0 Å². The number of benzene rings is 3. The maximum Gasteiger partial charge on any atom is 0.153 e. The van der Waals surface area contributed by atoms with Crippen molar-refractivity contribution in [1.82, 2.24) is 0 Å². The van der Waals surface area contributed by atoms with Gasteiger partial charge >= 0.3 is 0 Å². The third kappa shape index (κ3) is 4.73. The first kappa shape index (κ1) is 17.7. The van der Waals surface area contributed by atoms with Crippen molar-refractivity contribution in [2.24, 2.45) is 0 Å². The third-order valence-corrected chi connectivity index (χ3v) is 4.15. The molecule has 0 saturated heterocycles. The van der Waals surface area contributed by atoms with Crippen molar-refractivity contribution in [1.29, 1.82) is 0 Å². The van der Waals surface area contributed by atoms with Crippen LogP contribution in [0.15, 0.2) is 66.7 Å². The Hall–Kier alpha value is -3.07. The van der Waals surface area contributed by atoms with Crippen LogP contribution in [0.2, 0.25) is 0 Å². The Kier molecular flexibility index (Phi) is 5.69. The molecule has 0 atom stereocenters. The summed E-state index contributed by atoms with van der Waals surface area (Å²) in [5.74, 6) is 1.21. The van der Waals surface area contributed by atoms with E-state index in [0.717, 1.165) is 17.4 Å². The minimum atomic E-state index is 0.405. The molecule has 3 aromatic rings. The van der Waals surface area contributed by atoms with Gasteiger partial charge in [0.2, 0.25) is 0 Å². The topological polar surface area (TPSA) is 35.5 Å². The molecule has 132 valence electrons. The van der Waals surface area contributed by atoms with E-state index in [0.29, 0.717) is 30.3 Å². The highest BCUT2D eigenvalue weighted by Gasteiger charge is 2.07. The molecule has 0 unspecified atom stereocenters. The number of carbonyl (C=O) groups is 1. The number of ether oxygens (including phenoxy) is 2. The average molecular weight is 346 g/mol. The summed E-state index contributed by atoms with van der Waals surface area (Å²) in [6.07, 6.45) is 0.800. The molecule has 0 saturated carbocycles. The van der Waals surface area contributed by atoms with Gasteiger partial charge in [0.15, 0.2) is 6.29 Å². The highest BCUT2D eigenvalue weighted by atomic mass is 16.5. The van der Waals surface area contributed by atoms with E-state index in [2.05, 4.69) is 19.1 Å². The van der Waals surface area contributed by atoms with Gasteiger partial charge in [-0.2, -0.15) is 0 Å². The molecule has 0 N–H and O–H groups in total. The van der Waals surface area contributed by atoms with Crippen LogP contribution in [0.4, 0.5) is 0 Å². The highest BCUT2D eigenvalue weighted by molar-refractivity contribution is 5.79. The lowest BCUT2D eigenvalue weighted by Crippen LogP contribution is -2.00. The Balaban J connectivity index is 1.68. The summed E-state index contributed by atoms with van der Waals surface area (Å²) in [4.78, 5) is 11.3. The Morgan fingerprint density at radius 2 is 1.27 bits per heavy atom. The quantitative estimate of drug-likeness (QED) is 0.546. The van der Waals surface area contributed by atoms with Crippen LogP contribution in [0, 0.1) is 13.8 Å². The van der Waals surface area contributed by atoms with E-state index in [4.69, 9.17) is 9.47 Å². The molecule has 0 aromatic heterocycles. The van der Waals surface area contributed by atoms with Crippen LogP contribution >= 0.6 is 0 Å². The van der Waals surface area contributed by atoms with Crippen molar-refractivity contribution in [3.63, 3.8) is 0 Å². The predicted molar refractivity (Wildman–Crippen MR) is 103 cm³/mol. The van der Waals surface area contributed by atoms with E-state index in [1.807, 2.05) is 43.3 Å². The standard InChI is InChI=1S/C23H22O3/c1-17-3-7-19(8-4-17)15-25-22-12-11-21(14-24)23(13-22)26-16-20-9-5-18(2)6-10-20/h3-14H,15-16H2,1-2H3. The highest BCUT2D eigenvalue weighted by Crippen LogP contribution is 2.25. The van der Waals surface area contributed by atoms with Crippen molar-refractivity contribution < 1.29 is 14.3 Å². The Morgan fingerprint density at radius 3 is 1.81 bits per heavy atom. The number of rotatable bonds is 7. The molecule has 0 spiro atoms. The second kappa shape index (κ2) is 8.34. The Bertz CT molecular complexity index is 865. The van der Waals surface area contributed by atoms with E-state index in [1.54, 1.807) is 18.2 Å². The van der Waals surface area contributed by atoms with Crippen LogP contribution in [0.5, 0.6) is 11.5 Å². The molecule has 0 aliphatic rings. The number of carbonyl (C=O) groups excluding carboxylic acids is 1. The average Bonchev–Trinajstić information content (AvgIpc) is 2.67. The monoisotopic (exact) mass is 346 g/mol. The second-order valence-corrected chi connectivity index (χ2v) is 6.37. The zero-order chi connectivity index (χ0) is 18.4. The fourth-order valence-corrected chi connectivity index (χ4v) is 2.52. The van der Waals surface area contributed by atoms with Crippen LogP contribution < -0.4 is 9.47 Å². The summed E-state index contributed by atoms with van der Waals surface area (Å²) in [5.41, 5.74) is 5.08. The molecule has 3 rings (SSSR count). The molecular weight excluding hydrogens is 324 g/mol. The van der Waals surface area contributed by atoms with E-state index in [1.165, 1.54) is 11.1 Å². The van der Waals surface area contributed by atoms with Crippen LogP contribution in [0.3, 0.4) is 0 Å². The normalized spacial score (nSPS) is 10.4. The Labute approximate surface area is 154 Å². The zero-order valence-electron chi connectivity index (χ0n) is 15.1. The van der Waals surface area contributed by atoms with E-state index in [9.17, 15) is 4.79 Å². The molecular formula is C23H22O3. The number of aldehydes is 1. The summed E-state index contributed by atoms with van der Waals surface area (Å²) in [7, 11) is 0. The molecule has 0 bridgehead atoms. The molecule has 26 heavy (non-hydrogen) atoms. The predicted octanol–water partition coefficient (Wildman–Crippen LogP) is 5.27. The lowest BCUT2D eigenvalue weighted by Gasteiger charge is -2.12. The van der Waals surface area contributed by atoms with Gasteiger partial charge in [0.05, 0.1) is 5.56 Å². The lowest BCUT2D eigenvalue weighted by atomic mass is 10.1. The maximum atomic E-state index is 11.3. The summed E-state index contributed by atoms with van der Waals surface area (Å²) < 4.78 is 11.7. The van der Waals surface area contributed by atoms with Gasteiger partial charge in [-0.3, -0.25) is 4.79 Å². The first-order valence-electron chi connectivity index (χ1n) is 8.60. The molecule has 3 nitrogen and oxygen atoms in total. The fraction of sp³-hybridized carbons (Fsp3) is 0.174. The van der Waals surface area contributed by atoms with Crippen molar-refractivity contribution >= 4 is 6.29 Å².